The minimum atomic E-state index is -0.282. The van der Waals surface area contributed by atoms with Gasteiger partial charge in [0.2, 0.25) is 5.88 Å². The lowest BCUT2D eigenvalue weighted by Gasteiger charge is -2.21. The van der Waals surface area contributed by atoms with Crippen LogP contribution in [0.15, 0.2) is 109 Å². The van der Waals surface area contributed by atoms with E-state index in [1.807, 2.05) is 97.9 Å². The number of nitrogens with zero attached hydrogens (tertiary/aromatic N) is 4. The summed E-state index contributed by atoms with van der Waals surface area (Å²) in [5.74, 6) is 1.28. The van der Waals surface area contributed by atoms with E-state index in [4.69, 9.17) is 9.84 Å². The maximum Gasteiger partial charge on any atom is 0.320 e. The van der Waals surface area contributed by atoms with E-state index >= 15 is 0 Å². The van der Waals surface area contributed by atoms with Crippen molar-refractivity contribution in [3.8, 4) is 22.8 Å². The minimum Gasteiger partial charge on any atom is -0.480 e. The topological polar surface area (TPSA) is 84.3 Å². The van der Waals surface area contributed by atoms with E-state index in [-0.39, 0.29) is 18.0 Å². The molecule has 3 aromatic carbocycles. The molecule has 206 valence electrons. The van der Waals surface area contributed by atoms with Crippen molar-refractivity contribution in [2.45, 2.75) is 18.9 Å². The predicted octanol–water partition coefficient (Wildman–Crippen LogP) is 6.05. The Bertz CT molecular complexity index is 1620. The monoisotopic (exact) mass is 544 g/mol. The van der Waals surface area contributed by atoms with Crippen molar-refractivity contribution in [3.05, 3.63) is 120 Å². The lowest BCUT2D eigenvalue weighted by Crippen LogP contribution is -2.42. The number of hydrogen-bond acceptors (Lipinski definition) is 5. The molecular formula is C33H32N6O2. The highest BCUT2D eigenvalue weighted by molar-refractivity contribution is 5.91. The lowest BCUT2D eigenvalue weighted by molar-refractivity contribution is 0.248. The number of hydrogen-bond donors (Lipinski definition) is 2. The van der Waals surface area contributed by atoms with Crippen molar-refractivity contribution >= 4 is 17.5 Å². The van der Waals surface area contributed by atoms with Crippen LogP contribution in [-0.4, -0.2) is 47.0 Å². The second kappa shape index (κ2) is 11.6. The van der Waals surface area contributed by atoms with Crippen molar-refractivity contribution in [2.75, 3.05) is 30.4 Å². The number of nitrogens with one attached hydrogen (secondary N) is 2. The van der Waals surface area contributed by atoms with Crippen molar-refractivity contribution in [1.29, 1.82) is 0 Å². The molecule has 1 aliphatic rings. The third-order valence-electron chi connectivity index (χ3n) is 7.55. The molecular weight excluding hydrogens is 512 g/mol. The fourth-order valence-electron chi connectivity index (χ4n) is 5.55. The van der Waals surface area contributed by atoms with Gasteiger partial charge in [0.25, 0.3) is 0 Å². The number of carbonyl (C=O) groups excluding carboxylic acids is 1. The zero-order valence-corrected chi connectivity index (χ0v) is 23.1. The number of aromatic nitrogens is 3. The molecule has 2 aromatic heterocycles. The molecule has 6 rings (SSSR count). The fourth-order valence-corrected chi connectivity index (χ4v) is 5.55. The number of methoxy groups -OCH3 is 1. The Morgan fingerprint density at radius 2 is 1.56 bits per heavy atom. The van der Waals surface area contributed by atoms with Crippen LogP contribution < -0.4 is 20.3 Å². The number of para-hydroxylation sites is 1. The number of urea groups is 1. The largest absolute Gasteiger partial charge is 0.480 e. The Morgan fingerprint density at radius 1 is 0.878 bits per heavy atom. The first-order valence-corrected chi connectivity index (χ1v) is 13.7. The van der Waals surface area contributed by atoms with Gasteiger partial charge in [0.1, 0.15) is 5.82 Å². The van der Waals surface area contributed by atoms with Crippen molar-refractivity contribution < 1.29 is 9.53 Å². The molecule has 0 radical (unpaired) electrons. The van der Waals surface area contributed by atoms with Gasteiger partial charge in [-0.2, -0.15) is 5.10 Å². The summed E-state index contributed by atoms with van der Waals surface area (Å²) in [6.45, 7) is 3.32. The lowest BCUT2D eigenvalue weighted by atomic mass is 9.94. The Balaban J connectivity index is 1.30. The second-order valence-corrected chi connectivity index (χ2v) is 10.1. The van der Waals surface area contributed by atoms with Gasteiger partial charge in [-0.15, -0.1) is 0 Å². The summed E-state index contributed by atoms with van der Waals surface area (Å²) in [6.07, 6.45) is 1.72. The first kappa shape index (κ1) is 26.1. The molecule has 5 aromatic rings. The van der Waals surface area contributed by atoms with E-state index < -0.39 is 0 Å². The average molecular weight is 545 g/mol. The molecule has 8 nitrogen and oxygen atoms in total. The molecule has 0 aliphatic carbocycles. The highest BCUT2D eigenvalue weighted by Crippen LogP contribution is 2.35. The van der Waals surface area contributed by atoms with Crippen LogP contribution in [0, 0.1) is 6.92 Å². The van der Waals surface area contributed by atoms with Crippen LogP contribution in [0.1, 0.15) is 17.0 Å². The standard InChI is InChI=1S/C33H32N6O2/c1-23-30(25-15-8-4-9-16-25)37-39(26-17-10-5-11-18-26)31(23)36-33(40)35-28-22-38(29-19-12-20-34-32(29)41-2)21-27(28)24-13-6-3-7-14-24/h3-20,27-28H,21-22H2,1-2H3,(H2,35,36,40). The van der Waals surface area contributed by atoms with Gasteiger partial charge in [0, 0.05) is 36.3 Å². The molecule has 8 heteroatoms. The predicted molar refractivity (Wildman–Crippen MR) is 162 cm³/mol. The van der Waals surface area contributed by atoms with Gasteiger partial charge in [-0.1, -0.05) is 78.9 Å². The molecule has 0 bridgehead atoms. The summed E-state index contributed by atoms with van der Waals surface area (Å²) in [7, 11) is 1.63. The van der Waals surface area contributed by atoms with E-state index in [0.29, 0.717) is 18.2 Å². The number of carbonyl (C=O) groups is 1. The van der Waals surface area contributed by atoms with Gasteiger partial charge < -0.3 is 15.0 Å². The SMILES string of the molecule is COc1ncccc1N1CC(NC(=O)Nc2c(C)c(-c3ccccc3)nn2-c2ccccc2)C(c2ccccc2)C1. The summed E-state index contributed by atoms with van der Waals surface area (Å²) in [4.78, 5) is 20.3. The van der Waals surface area contributed by atoms with Crippen LogP contribution >= 0.6 is 0 Å². The second-order valence-electron chi connectivity index (χ2n) is 10.1. The molecule has 2 N–H and O–H groups in total. The molecule has 2 atom stereocenters. The third kappa shape index (κ3) is 5.36. The third-order valence-corrected chi connectivity index (χ3v) is 7.55. The molecule has 0 saturated carbocycles. The molecule has 1 fully saturated rings. The number of rotatable bonds is 7. The van der Waals surface area contributed by atoms with Crippen LogP contribution in [0.25, 0.3) is 16.9 Å². The Hall–Kier alpha value is -5.11. The van der Waals surface area contributed by atoms with E-state index in [1.54, 1.807) is 18.0 Å². The Kier molecular flexibility index (Phi) is 7.36. The zero-order chi connectivity index (χ0) is 28.2. The zero-order valence-electron chi connectivity index (χ0n) is 23.1. The van der Waals surface area contributed by atoms with Gasteiger partial charge in [-0.05, 0) is 36.8 Å². The summed E-state index contributed by atoms with van der Waals surface area (Å²) < 4.78 is 7.34. The maximum absolute atomic E-state index is 13.7. The number of ether oxygens (including phenoxy) is 1. The highest BCUT2D eigenvalue weighted by Gasteiger charge is 2.36. The highest BCUT2D eigenvalue weighted by atomic mass is 16.5. The van der Waals surface area contributed by atoms with Crippen LogP contribution in [0.5, 0.6) is 5.88 Å². The summed E-state index contributed by atoms with van der Waals surface area (Å²) in [6, 6.07) is 33.6. The molecule has 1 saturated heterocycles. The number of anilines is 2. The Labute approximate surface area is 239 Å². The van der Waals surface area contributed by atoms with Crippen LogP contribution in [0.2, 0.25) is 0 Å². The van der Waals surface area contributed by atoms with Crippen molar-refractivity contribution in [1.82, 2.24) is 20.1 Å². The Morgan fingerprint density at radius 3 is 2.27 bits per heavy atom. The van der Waals surface area contributed by atoms with Crippen LogP contribution in [0.4, 0.5) is 16.3 Å². The van der Waals surface area contributed by atoms with E-state index in [2.05, 4.69) is 32.7 Å². The molecule has 2 unspecified atom stereocenters. The quantitative estimate of drug-likeness (QED) is 0.261. The normalized spacial score (nSPS) is 16.4. The first-order valence-electron chi connectivity index (χ1n) is 13.7. The molecule has 2 amide bonds. The summed E-state index contributed by atoms with van der Waals surface area (Å²) in [5, 5.41) is 11.3. The molecule has 3 heterocycles. The average Bonchev–Trinajstić information content (AvgIpc) is 3.59. The fraction of sp³-hybridized carbons (Fsp3) is 0.182. The van der Waals surface area contributed by atoms with Crippen molar-refractivity contribution in [2.24, 2.45) is 0 Å². The minimum absolute atomic E-state index is 0.0758. The summed E-state index contributed by atoms with van der Waals surface area (Å²) >= 11 is 0. The smallest absolute Gasteiger partial charge is 0.320 e. The van der Waals surface area contributed by atoms with E-state index in [9.17, 15) is 4.79 Å². The van der Waals surface area contributed by atoms with Gasteiger partial charge >= 0.3 is 6.03 Å². The maximum atomic E-state index is 13.7. The van der Waals surface area contributed by atoms with E-state index in [1.165, 1.54) is 5.56 Å². The molecule has 0 spiro atoms. The van der Waals surface area contributed by atoms with Gasteiger partial charge in [-0.3, -0.25) is 5.32 Å². The van der Waals surface area contributed by atoms with Gasteiger partial charge in [0.15, 0.2) is 0 Å². The van der Waals surface area contributed by atoms with Crippen LogP contribution in [0.3, 0.4) is 0 Å². The van der Waals surface area contributed by atoms with Gasteiger partial charge in [-0.25, -0.2) is 14.5 Å². The number of benzene rings is 3. The molecule has 1 aliphatic heterocycles. The van der Waals surface area contributed by atoms with Crippen LogP contribution in [-0.2, 0) is 0 Å². The summed E-state index contributed by atoms with van der Waals surface area (Å²) in [5.41, 5.74) is 5.65. The van der Waals surface area contributed by atoms with E-state index in [0.717, 1.165) is 34.7 Å². The molecule has 41 heavy (non-hydrogen) atoms. The van der Waals surface area contributed by atoms with Gasteiger partial charge in [0.05, 0.1) is 30.2 Å². The number of pyridine rings is 1. The van der Waals surface area contributed by atoms with Crippen molar-refractivity contribution in [3.63, 3.8) is 0 Å². The first-order chi connectivity index (χ1) is 20.1. The number of amides is 2.